The molecule has 4 amide bonds. The lowest BCUT2D eigenvalue weighted by Gasteiger charge is -2.27. The number of nitrogens with one attached hydrogen (secondary N) is 1. The molecule has 0 spiro atoms. The zero-order chi connectivity index (χ0) is 19.4. The number of fused-ring (bicyclic) bond motifs is 1. The molecule has 7 nitrogen and oxygen atoms in total. The Kier molecular flexibility index (Phi) is 5.67. The van der Waals surface area contributed by atoms with E-state index in [-0.39, 0.29) is 30.6 Å². The van der Waals surface area contributed by atoms with Crippen molar-refractivity contribution in [3.05, 3.63) is 34.9 Å². The van der Waals surface area contributed by atoms with Gasteiger partial charge in [-0.3, -0.25) is 29.4 Å². The molecular weight excluding hydrogens is 348 g/mol. The van der Waals surface area contributed by atoms with Crippen LogP contribution in [-0.4, -0.2) is 46.3 Å². The number of piperidine rings is 1. The van der Waals surface area contributed by atoms with Crippen molar-refractivity contribution >= 4 is 23.6 Å². The number of aliphatic hydroxyl groups excluding tert-OH is 1. The van der Waals surface area contributed by atoms with Crippen molar-refractivity contribution in [1.29, 1.82) is 0 Å². The summed E-state index contributed by atoms with van der Waals surface area (Å²) >= 11 is 0. The smallest absolute Gasteiger partial charge is 0.263 e. The summed E-state index contributed by atoms with van der Waals surface area (Å²) in [5, 5.41) is 10.9. The second-order valence-corrected chi connectivity index (χ2v) is 6.51. The van der Waals surface area contributed by atoms with E-state index in [2.05, 4.69) is 17.2 Å². The largest absolute Gasteiger partial charge is 0.396 e. The maximum absolute atomic E-state index is 12.9. The maximum atomic E-state index is 12.9. The Labute approximate surface area is 156 Å². The number of amides is 4. The molecule has 1 unspecified atom stereocenters. The third kappa shape index (κ3) is 3.76. The van der Waals surface area contributed by atoms with E-state index in [1.54, 1.807) is 18.2 Å². The molecule has 2 aliphatic heterocycles. The first-order chi connectivity index (χ1) is 13.0. The summed E-state index contributed by atoms with van der Waals surface area (Å²) in [6.45, 7) is 0.159. The molecule has 3 rings (SSSR count). The number of aliphatic hydroxyl groups is 1. The lowest BCUT2D eigenvalue weighted by molar-refractivity contribution is -0.136. The van der Waals surface area contributed by atoms with E-state index in [1.165, 1.54) is 0 Å². The van der Waals surface area contributed by atoms with Crippen LogP contribution in [0, 0.1) is 11.8 Å². The summed E-state index contributed by atoms with van der Waals surface area (Å²) in [6.07, 6.45) is 3.29. The van der Waals surface area contributed by atoms with Crippen LogP contribution in [0.4, 0.5) is 0 Å². The summed E-state index contributed by atoms with van der Waals surface area (Å²) in [6, 6.07) is 3.91. The van der Waals surface area contributed by atoms with Crippen molar-refractivity contribution in [3.8, 4) is 11.8 Å². The number of nitrogens with zero attached hydrogens (tertiary/aromatic N) is 1. The summed E-state index contributed by atoms with van der Waals surface area (Å²) < 4.78 is 0. The number of benzene rings is 1. The zero-order valence-corrected chi connectivity index (χ0v) is 14.8. The fourth-order valence-electron chi connectivity index (χ4n) is 3.28. The van der Waals surface area contributed by atoms with Gasteiger partial charge in [0.2, 0.25) is 11.8 Å². The Hall–Kier alpha value is -2.98. The number of rotatable bonds is 5. The highest BCUT2D eigenvalue weighted by Gasteiger charge is 2.45. The van der Waals surface area contributed by atoms with E-state index in [0.29, 0.717) is 12.0 Å². The Morgan fingerprint density at radius 2 is 1.93 bits per heavy atom. The molecule has 7 heteroatoms. The predicted octanol–water partition coefficient (Wildman–Crippen LogP) is 0.992. The van der Waals surface area contributed by atoms with Gasteiger partial charge >= 0.3 is 0 Å². The van der Waals surface area contributed by atoms with Gasteiger partial charge in [0.15, 0.2) is 0 Å². The Morgan fingerprint density at radius 1 is 1.11 bits per heavy atom. The van der Waals surface area contributed by atoms with Crippen LogP contribution in [-0.2, 0) is 9.59 Å². The highest BCUT2D eigenvalue weighted by atomic mass is 16.3. The van der Waals surface area contributed by atoms with Gasteiger partial charge in [-0.25, -0.2) is 0 Å². The quantitative estimate of drug-likeness (QED) is 0.458. The first kappa shape index (κ1) is 18.8. The molecule has 0 bridgehead atoms. The van der Waals surface area contributed by atoms with Gasteiger partial charge in [-0.15, -0.1) is 0 Å². The predicted molar refractivity (Wildman–Crippen MR) is 95.5 cm³/mol. The van der Waals surface area contributed by atoms with Crippen LogP contribution in [0.25, 0.3) is 0 Å². The van der Waals surface area contributed by atoms with E-state index in [0.717, 1.165) is 24.2 Å². The molecule has 2 N–H and O–H groups in total. The minimum Gasteiger partial charge on any atom is -0.396 e. The van der Waals surface area contributed by atoms with Crippen LogP contribution in [0.15, 0.2) is 18.2 Å². The molecule has 140 valence electrons. The SMILES string of the molecule is O=C1CCC(N2C(=O)c3cccc(C#CCCCCCO)c3C2=O)C(=O)N1. The highest BCUT2D eigenvalue weighted by molar-refractivity contribution is 6.24. The fraction of sp³-hybridized carbons (Fsp3) is 0.400. The first-order valence-electron chi connectivity index (χ1n) is 8.99. The molecule has 2 aliphatic rings. The summed E-state index contributed by atoms with van der Waals surface area (Å²) in [5.41, 5.74) is 0.912. The average molecular weight is 368 g/mol. The van der Waals surface area contributed by atoms with Gasteiger partial charge in [-0.1, -0.05) is 24.3 Å². The molecular formula is C20H20N2O5. The molecule has 0 radical (unpaired) electrons. The summed E-state index contributed by atoms with van der Waals surface area (Å²) in [5.74, 6) is 3.84. The molecule has 1 saturated heterocycles. The zero-order valence-electron chi connectivity index (χ0n) is 14.8. The lowest BCUT2D eigenvalue weighted by Crippen LogP contribution is -2.54. The monoisotopic (exact) mass is 368 g/mol. The first-order valence-corrected chi connectivity index (χ1v) is 8.99. The second kappa shape index (κ2) is 8.14. The number of unbranched alkanes of at least 4 members (excludes halogenated alkanes) is 3. The van der Waals surface area contributed by atoms with E-state index in [1.807, 2.05) is 0 Å². The lowest BCUT2D eigenvalue weighted by atomic mass is 10.0. The third-order valence-corrected chi connectivity index (χ3v) is 4.65. The topological polar surface area (TPSA) is 104 Å². The van der Waals surface area contributed by atoms with Crippen molar-refractivity contribution in [1.82, 2.24) is 10.2 Å². The van der Waals surface area contributed by atoms with E-state index in [9.17, 15) is 19.2 Å². The molecule has 1 atom stereocenters. The average Bonchev–Trinajstić information content (AvgIpc) is 2.90. The molecule has 2 heterocycles. The van der Waals surface area contributed by atoms with Crippen LogP contribution in [0.1, 0.15) is 64.8 Å². The molecule has 27 heavy (non-hydrogen) atoms. The van der Waals surface area contributed by atoms with Gasteiger partial charge in [0.05, 0.1) is 11.1 Å². The van der Waals surface area contributed by atoms with Gasteiger partial charge in [-0.05, 0) is 31.4 Å². The molecule has 1 fully saturated rings. The molecule has 1 aromatic carbocycles. The van der Waals surface area contributed by atoms with Crippen molar-refractivity contribution in [2.75, 3.05) is 6.61 Å². The number of imide groups is 2. The number of carbonyl (C=O) groups excluding carboxylic acids is 4. The maximum Gasteiger partial charge on any atom is 0.263 e. The Bertz CT molecular complexity index is 865. The fourth-order valence-corrected chi connectivity index (χ4v) is 3.28. The van der Waals surface area contributed by atoms with Crippen molar-refractivity contribution in [2.24, 2.45) is 0 Å². The third-order valence-electron chi connectivity index (χ3n) is 4.65. The van der Waals surface area contributed by atoms with Gasteiger partial charge < -0.3 is 5.11 Å². The van der Waals surface area contributed by atoms with Gasteiger partial charge in [-0.2, -0.15) is 0 Å². The number of carbonyl (C=O) groups is 4. The minimum atomic E-state index is -0.977. The molecule has 0 aromatic heterocycles. The Morgan fingerprint density at radius 3 is 2.67 bits per heavy atom. The number of hydrogen-bond donors (Lipinski definition) is 2. The summed E-state index contributed by atoms with van der Waals surface area (Å²) in [7, 11) is 0. The molecule has 0 saturated carbocycles. The van der Waals surface area contributed by atoms with Gasteiger partial charge in [0.25, 0.3) is 11.8 Å². The highest BCUT2D eigenvalue weighted by Crippen LogP contribution is 2.29. The van der Waals surface area contributed by atoms with E-state index >= 15 is 0 Å². The van der Waals surface area contributed by atoms with E-state index in [4.69, 9.17) is 5.11 Å². The van der Waals surface area contributed by atoms with Crippen LogP contribution in [0.3, 0.4) is 0 Å². The van der Waals surface area contributed by atoms with E-state index < -0.39 is 29.7 Å². The van der Waals surface area contributed by atoms with Crippen LogP contribution < -0.4 is 5.32 Å². The standard InChI is InChI=1S/C20H20N2O5/c23-12-5-3-1-2-4-7-13-8-6-9-14-17(13)20(27)22(19(14)26)15-10-11-16(24)21-18(15)25/h6,8-9,15,23H,1-3,5,10-12H2,(H,21,24,25). The number of hydrogen-bond acceptors (Lipinski definition) is 5. The summed E-state index contributed by atoms with van der Waals surface area (Å²) in [4.78, 5) is 49.9. The van der Waals surface area contributed by atoms with Crippen LogP contribution in [0.5, 0.6) is 0 Å². The van der Waals surface area contributed by atoms with Crippen molar-refractivity contribution in [2.45, 2.75) is 44.6 Å². The molecule has 0 aliphatic carbocycles. The van der Waals surface area contributed by atoms with Gasteiger partial charge in [0, 0.05) is 25.0 Å². The van der Waals surface area contributed by atoms with Crippen LogP contribution in [0.2, 0.25) is 0 Å². The van der Waals surface area contributed by atoms with Crippen LogP contribution >= 0.6 is 0 Å². The van der Waals surface area contributed by atoms with Crippen molar-refractivity contribution in [3.63, 3.8) is 0 Å². The second-order valence-electron chi connectivity index (χ2n) is 6.51. The normalized spacial score (nSPS) is 18.9. The van der Waals surface area contributed by atoms with Gasteiger partial charge in [0.1, 0.15) is 6.04 Å². The van der Waals surface area contributed by atoms with Crippen molar-refractivity contribution < 1.29 is 24.3 Å². The Balaban J connectivity index is 1.81. The molecule has 1 aromatic rings. The minimum absolute atomic E-state index is 0.0876.